The van der Waals surface area contributed by atoms with E-state index in [1.165, 1.54) is 0 Å². The number of rotatable bonds is 6. The monoisotopic (exact) mass is 334 g/mol. The zero-order valence-corrected chi connectivity index (χ0v) is 13.8. The Bertz CT molecular complexity index is 637. The van der Waals surface area contributed by atoms with Crippen LogP contribution in [0.25, 0.3) is 0 Å². The van der Waals surface area contributed by atoms with Gasteiger partial charge in [-0.25, -0.2) is 4.79 Å². The minimum absolute atomic E-state index is 0.262. The van der Waals surface area contributed by atoms with E-state index in [2.05, 4.69) is 10.6 Å². The molecule has 122 valence electrons. The number of methoxy groups -OCH3 is 2. The highest BCUT2D eigenvalue weighted by atomic mass is 35.5. The van der Waals surface area contributed by atoms with E-state index in [0.29, 0.717) is 23.7 Å². The Hall–Kier alpha value is -2.40. The number of nitrogens with one attached hydrogen (secondary N) is 2. The van der Waals surface area contributed by atoms with Gasteiger partial charge in [0.2, 0.25) is 0 Å². The second-order valence-electron chi connectivity index (χ2n) is 4.86. The summed E-state index contributed by atoms with van der Waals surface area (Å²) >= 11 is 5.80. The van der Waals surface area contributed by atoms with E-state index in [9.17, 15) is 4.79 Å². The topological polar surface area (TPSA) is 59.6 Å². The van der Waals surface area contributed by atoms with Crippen molar-refractivity contribution in [2.45, 2.75) is 6.42 Å². The molecular formula is C17H19ClN2O3. The molecule has 0 aromatic heterocycles. The summed E-state index contributed by atoms with van der Waals surface area (Å²) in [7, 11) is 3.22. The van der Waals surface area contributed by atoms with Gasteiger partial charge in [-0.05, 0) is 48.4 Å². The van der Waals surface area contributed by atoms with Crippen LogP contribution >= 0.6 is 11.6 Å². The number of anilines is 1. The Labute approximate surface area is 140 Å². The second-order valence-corrected chi connectivity index (χ2v) is 5.30. The third-order valence-corrected chi connectivity index (χ3v) is 3.46. The Kier molecular flexibility index (Phi) is 6.11. The summed E-state index contributed by atoms with van der Waals surface area (Å²) in [5, 5.41) is 6.17. The molecule has 6 heteroatoms. The summed E-state index contributed by atoms with van der Waals surface area (Å²) in [6.07, 6.45) is 0.668. The largest absolute Gasteiger partial charge is 0.497 e. The molecule has 0 heterocycles. The van der Waals surface area contributed by atoms with Crippen LogP contribution in [0.5, 0.6) is 11.5 Å². The molecule has 0 saturated heterocycles. The van der Waals surface area contributed by atoms with Gasteiger partial charge in [-0.1, -0.05) is 11.6 Å². The standard InChI is InChI=1S/C17H19ClN2O3/c1-22-15-9-12(10-16(11-15)23-2)7-8-19-17(21)20-14-5-3-13(18)4-6-14/h3-6,9-11H,7-8H2,1-2H3,(H2,19,20,21). The number of hydrogen-bond acceptors (Lipinski definition) is 3. The lowest BCUT2D eigenvalue weighted by molar-refractivity contribution is 0.252. The fourth-order valence-electron chi connectivity index (χ4n) is 2.04. The predicted molar refractivity (Wildman–Crippen MR) is 91.7 cm³/mol. The van der Waals surface area contributed by atoms with E-state index < -0.39 is 0 Å². The molecule has 0 bridgehead atoms. The number of ether oxygens (including phenoxy) is 2. The molecule has 0 spiro atoms. The number of carbonyl (C=O) groups excluding carboxylic acids is 1. The van der Waals surface area contributed by atoms with Crippen LogP contribution in [-0.2, 0) is 6.42 Å². The summed E-state index contributed by atoms with van der Waals surface area (Å²) in [6, 6.07) is 12.3. The van der Waals surface area contributed by atoms with Gasteiger partial charge in [-0.2, -0.15) is 0 Å². The summed E-state index contributed by atoms with van der Waals surface area (Å²) in [5.41, 5.74) is 1.71. The highest BCUT2D eigenvalue weighted by Gasteiger charge is 2.04. The molecule has 5 nitrogen and oxygen atoms in total. The van der Waals surface area contributed by atoms with Crippen LogP contribution in [0.2, 0.25) is 5.02 Å². The molecule has 0 fully saturated rings. The van der Waals surface area contributed by atoms with Crippen LogP contribution in [0.1, 0.15) is 5.56 Å². The van der Waals surface area contributed by atoms with Crippen LogP contribution in [-0.4, -0.2) is 26.8 Å². The molecule has 0 aliphatic heterocycles. The van der Waals surface area contributed by atoms with E-state index >= 15 is 0 Å². The predicted octanol–water partition coefficient (Wildman–Crippen LogP) is 3.72. The normalized spacial score (nSPS) is 10.0. The Morgan fingerprint density at radius 2 is 1.65 bits per heavy atom. The third kappa shape index (κ3) is 5.38. The zero-order chi connectivity index (χ0) is 16.7. The molecule has 0 atom stereocenters. The fourth-order valence-corrected chi connectivity index (χ4v) is 2.17. The molecule has 2 aromatic rings. The van der Waals surface area contributed by atoms with Crippen molar-refractivity contribution in [3.63, 3.8) is 0 Å². The van der Waals surface area contributed by atoms with Crippen molar-refractivity contribution >= 4 is 23.3 Å². The van der Waals surface area contributed by atoms with Crippen molar-refractivity contribution in [3.8, 4) is 11.5 Å². The molecule has 2 amide bonds. The van der Waals surface area contributed by atoms with Gasteiger partial charge in [0.1, 0.15) is 11.5 Å². The van der Waals surface area contributed by atoms with Gasteiger partial charge in [0.15, 0.2) is 0 Å². The molecule has 2 N–H and O–H groups in total. The highest BCUT2D eigenvalue weighted by Crippen LogP contribution is 2.22. The zero-order valence-electron chi connectivity index (χ0n) is 13.1. The number of carbonyl (C=O) groups is 1. The van der Waals surface area contributed by atoms with Gasteiger partial charge in [0, 0.05) is 23.3 Å². The third-order valence-electron chi connectivity index (χ3n) is 3.21. The molecule has 0 radical (unpaired) electrons. The first-order valence-electron chi connectivity index (χ1n) is 7.13. The molecular weight excluding hydrogens is 316 g/mol. The van der Waals surface area contributed by atoms with Crippen LogP contribution in [0, 0.1) is 0 Å². The van der Waals surface area contributed by atoms with Crippen molar-refractivity contribution in [1.82, 2.24) is 5.32 Å². The minimum atomic E-state index is -0.262. The Morgan fingerprint density at radius 3 is 2.22 bits per heavy atom. The lowest BCUT2D eigenvalue weighted by Gasteiger charge is -2.10. The van der Waals surface area contributed by atoms with Gasteiger partial charge in [-0.3, -0.25) is 0 Å². The van der Waals surface area contributed by atoms with Crippen LogP contribution in [0.15, 0.2) is 42.5 Å². The molecule has 0 aliphatic rings. The summed E-state index contributed by atoms with van der Waals surface area (Å²) in [5.74, 6) is 1.45. The summed E-state index contributed by atoms with van der Waals surface area (Å²) in [6.45, 7) is 0.496. The van der Waals surface area contributed by atoms with Crippen molar-refractivity contribution < 1.29 is 14.3 Å². The number of benzene rings is 2. The molecule has 0 aliphatic carbocycles. The molecule has 23 heavy (non-hydrogen) atoms. The number of hydrogen-bond donors (Lipinski definition) is 2. The van der Waals surface area contributed by atoms with E-state index in [1.807, 2.05) is 18.2 Å². The Morgan fingerprint density at radius 1 is 1.04 bits per heavy atom. The van der Waals surface area contributed by atoms with Crippen molar-refractivity contribution in [1.29, 1.82) is 0 Å². The molecule has 2 rings (SSSR count). The first kappa shape index (κ1) is 17.0. The van der Waals surface area contributed by atoms with E-state index in [-0.39, 0.29) is 6.03 Å². The van der Waals surface area contributed by atoms with Crippen molar-refractivity contribution in [2.24, 2.45) is 0 Å². The number of amides is 2. The minimum Gasteiger partial charge on any atom is -0.497 e. The van der Waals surface area contributed by atoms with Gasteiger partial charge in [0.25, 0.3) is 0 Å². The quantitative estimate of drug-likeness (QED) is 0.846. The maximum atomic E-state index is 11.8. The smallest absolute Gasteiger partial charge is 0.319 e. The maximum Gasteiger partial charge on any atom is 0.319 e. The van der Waals surface area contributed by atoms with E-state index in [1.54, 1.807) is 38.5 Å². The van der Waals surface area contributed by atoms with Crippen LogP contribution < -0.4 is 20.1 Å². The Balaban J connectivity index is 1.84. The van der Waals surface area contributed by atoms with E-state index in [0.717, 1.165) is 17.1 Å². The van der Waals surface area contributed by atoms with Gasteiger partial charge < -0.3 is 20.1 Å². The highest BCUT2D eigenvalue weighted by molar-refractivity contribution is 6.30. The second kappa shape index (κ2) is 8.29. The first-order chi connectivity index (χ1) is 11.1. The number of urea groups is 1. The van der Waals surface area contributed by atoms with Crippen molar-refractivity contribution in [3.05, 3.63) is 53.1 Å². The van der Waals surface area contributed by atoms with Crippen molar-refractivity contribution in [2.75, 3.05) is 26.1 Å². The summed E-state index contributed by atoms with van der Waals surface area (Å²) < 4.78 is 10.4. The van der Waals surface area contributed by atoms with Gasteiger partial charge >= 0.3 is 6.03 Å². The summed E-state index contributed by atoms with van der Waals surface area (Å²) in [4.78, 5) is 11.8. The van der Waals surface area contributed by atoms with Gasteiger partial charge in [0.05, 0.1) is 14.2 Å². The maximum absolute atomic E-state index is 11.8. The fraction of sp³-hybridized carbons (Fsp3) is 0.235. The molecule has 0 unspecified atom stereocenters. The number of halogens is 1. The lowest BCUT2D eigenvalue weighted by Crippen LogP contribution is -2.30. The van der Waals surface area contributed by atoms with Gasteiger partial charge in [-0.15, -0.1) is 0 Å². The van der Waals surface area contributed by atoms with E-state index in [4.69, 9.17) is 21.1 Å². The van der Waals surface area contributed by atoms with Crippen LogP contribution in [0.3, 0.4) is 0 Å². The average molecular weight is 335 g/mol. The first-order valence-corrected chi connectivity index (χ1v) is 7.51. The molecule has 2 aromatic carbocycles. The average Bonchev–Trinajstić information content (AvgIpc) is 2.56. The SMILES string of the molecule is COc1cc(CCNC(=O)Nc2ccc(Cl)cc2)cc(OC)c1. The lowest BCUT2D eigenvalue weighted by atomic mass is 10.1. The molecule has 0 saturated carbocycles. The van der Waals surface area contributed by atoms with Crippen LogP contribution in [0.4, 0.5) is 10.5 Å².